The second-order valence-corrected chi connectivity index (χ2v) is 2.85. The molecule has 0 saturated carbocycles. The van der Waals surface area contributed by atoms with E-state index in [1.165, 1.54) is 0 Å². The molecule has 0 bridgehead atoms. The van der Waals surface area contributed by atoms with Crippen molar-refractivity contribution in [1.29, 1.82) is 0 Å². The summed E-state index contributed by atoms with van der Waals surface area (Å²) in [7, 11) is 0. The van der Waals surface area contributed by atoms with E-state index in [9.17, 15) is 0 Å². The molecule has 0 aliphatic heterocycles. The molecule has 0 radical (unpaired) electrons. The fourth-order valence-electron chi connectivity index (χ4n) is 1.13. The quantitative estimate of drug-likeness (QED) is 0.734. The maximum atomic E-state index is 5.86. The molecule has 2 N–H and O–H groups in total. The zero-order valence-corrected chi connectivity index (χ0v) is 7.01. The van der Waals surface area contributed by atoms with Gasteiger partial charge < -0.3 is 10.3 Å². The fraction of sp³-hybridized carbons (Fsp3) is 0.125. The Morgan fingerprint density at radius 3 is 3.08 bits per heavy atom. The molecule has 0 spiro atoms. The largest absolute Gasteiger partial charge is 0.359 e. The molecule has 4 heteroatoms. The number of nitrogens with zero attached hydrogens (tertiary/aromatic N) is 1. The Labute approximate surface area is 74.1 Å². The van der Waals surface area contributed by atoms with Crippen LogP contribution in [-0.4, -0.2) is 5.16 Å². The second kappa shape index (κ2) is 2.77. The monoisotopic (exact) mass is 182 g/mol. The topological polar surface area (TPSA) is 52.0 Å². The van der Waals surface area contributed by atoms with Gasteiger partial charge in [-0.15, -0.1) is 0 Å². The molecule has 0 aliphatic carbocycles. The van der Waals surface area contributed by atoms with Crippen molar-refractivity contribution < 1.29 is 4.52 Å². The lowest BCUT2D eigenvalue weighted by atomic mass is 10.2. The first-order valence-corrected chi connectivity index (χ1v) is 3.93. The van der Waals surface area contributed by atoms with Crippen LogP contribution < -0.4 is 5.73 Å². The predicted octanol–water partition coefficient (Wildman–Crippen LogP) is 1.94. The average molecular weight is 183 g/mol. The van der Waals surface area contributed by atoms with Crippen LogP contribution in [0, 0.1) is 0 Å². The van der Waals surface area contributed by atoms with E-state index in [-0.39, 0.29) is 0 Å². The summed E-state index contributed by atoms with van der Waals surface area (Å²) in [6.45, 7) is 0.344. The van der Waals surface area contributed by atoms with Crippen molar-refractivity contribution in [3.63, 3.8) is 0 Å². The van der Waals surface area contributed by atoms with E-state index in [0.29, 0.717) is 22.8 Å². The first-order valence-electron chi connectivity index (χ1n) is 3.56. The van der Waals surface area contributed by atoms with Gasteiger partial charge in [0.25, 0.3) is 0 Å². The third kappa shape index (κ3) is 0.983. The summed E-state index contributed by atoms with van der Waals surface area (Å²) >= 11 is 5.86. The van der Waals surface area contributed by atoms with Crippen LogP contribution in [0.2, 0.25) is 5.02 Å². The average Bonchev–Trinajstić information content (AvgIpc) is 2.49. The van der Waals surface area contributed by atoms with Crippen molar-refractivity contribution >= 4 is 22.5 Å². The molecule has 0 unspecified atom stereocenters. The van der Waals surface area contributed by atoms with Crippen molar-refractivity contribution in [2.45, 2.75) is 6.54 Å². The lowest BCUT2D eigenvalue weighted by Gasteiger charge is -1.89. The summed E-state index contributed by atoms with van der Waals surface area (Å²) in [5, 5.41) is 5.29. The number of hydrogen-bond acceptors (Lipinski definition) is 3. The highest BCUT2D eigenvalue weighted by Crippen LogP contribution is 2.24. The molecule has 1 aromatic carbocycles. The molecule has 0 saturated heterocycles. The summed E-state index contributed by atoms with van der Waals surface area (Å²) in [6, 6.07) is 5.51. The van der Waals surface area contributed by atoms with Gasteiger partial charge in [0, 0.05) is 5.39 Å². The minimum absolute atomic E-state index is 0.344. The van der Waals surface area contributed by atoms with E-state index in [1.807, 2.05) is 12.1 Å². The lowest BCUT2D eigenvalue weighted by Crippen LogP contribution is -1.93. The van der Waals surface area contributed by atoms with Crippen molar-refractivity contribution in [2.75, 3.05) is 0 Å². The highest BCUT2D eigenvalue weighted by Gasteiger charge is 2.07. The molecule has 2 rings (SSSR count). The molecular formula is C8H7ClN2O. The first kappa shape index (κ1) is 7.58. The molecule has 0 amide bonds. The van der Waals surface area contributed by atoms with Gasteiger partial charge in [0.05, 0.1) is 11.6 Å². The highest BCUT2D eigenvalue weighted by atomic mass is 35.5. The third-order valence-electron chi connectivity index (χ3n) is 1.72. The molecule has 1 aromatic heterocycles. The molecule has 2 aromatic rings. The Morgan fingerprint density at radius 1 is 1.50 bits per heavy atom. The summed E-state index contributed by atoms with van der Waals surface area (Å²) in [6.07, 6.45) is 0. The molecule has 0 fully saturated rings. The van der Waals surface area contributed by atoms with Gasteiger partial charge in [-0.25, -0.2) is 0 Å². The Hall–Kier alpha value is -1.06. The van der Waals surface area contributed by atoms with Crippen LogP contribution in [0.25, 0.3) is 10.9 Å². The maximum absolute atomic E-state index is 5.86. The molecule has 1 heterocycles. The SMILES string of the molecule is NCc1onc2c(Cl)cccc12. The number of hydrogen-bond donors (Lipinski definition) is 1. The van der Waals surface area contributed by atoms with Gasteiger partial charge >= 0.3 is 0 Å². The summed E-state index contributed by atoms with van der Waals surface area (Å²) < 4.78 is 4.99. The van der Waals surface area contributed by atoms with E-state index < -0.39 is 0 Å². The molecule has 3 nitrogen and oxygen atoms in total. The lowest BCUT2D eigenvalue weighted by molar-refractivity contribution is 0.393. The summed E-state index contributed by atoms with van der Waals surface area (Å²) in [5.41, 5.74) is 6.11. The zero-order chi connectivity index (χ0) is 8.55. The Bertz CT molecular complexity index is 410. The van der Waals surface area contributed by atoms with E-state index in [2.05, 4.69) is 5.16 Å². The van der Waals surface area contributed by atoms with Gasteiger partial charge in [0.1, 0.15) is 5.52 Å². The number of halogens is 1. The minimum Gasteiger partial charge on any atom is -0.359 e. The van der Waals surface area contributed by atoms with Crippen molar-refractivity contribution in [2.24, 2.45) is 5.73 Å². The molecular weight excluding hydrogens is 176 g/mol. The van der Waals surface area contributed by atoms with Gasteiger partial charge in [0.15, 0.2) is 5.76 Å². The highest BCUT2D eigenvalue weighted by molar-refractivity contribution is 6.35. The number of benzene rings is 1. The number of fused-ring (bicyclic) bond motifs is 1. The van der Waals surface area contributed by atoms with Crippen LogP contribution in [-0.2, 0) is 6.54 Å². The van der Waals surface area contributed by atoms with Crippen molar-refractivity contribution in [3.05, 3.63) is 29.0 Å². The molecule has 0 aliphatic rings. The maximum Gasteiger partial charge on any atom is 0.158 e. The normalized spacial score (nSPS) is 10.8. The number of nitrogens with two attached hydrogens (primary N) is 1. The van der Waals surface area contributed by atoms with E-state index >= 15 is 0 Å². The van der Waals surface area contributed by atoms with Crippen LogP contribution in [0.1, 0.15) is 5.76 Å². The van der Waals surface area contributed by atoms with Crippen LogP contribution in [0.4, 0.5) is 0 Å². The fourth-order valence-corrected chi connectivity index (χ4v) is 1.34. The standard InChI is InChI=1S/C8H7ClN2O/c9-6-3-1-2-5-7(4-10)12-11-8(5)6/h1-3H,4,10H2. The van der Waals surface area contributed by atoms with Crippen LogP contribution in [0.5, 0.6) is 0 Å². The van der Waals surface area contributed by atoms with Crippen molar-refractivity contribution in [1.82, 2.24) is 5.16 Å². The summed E-state index contributed by atoms with van der Waals surface area (Å²) in [5.74, 6) is 0.674. The molecule has 12 heavy (non-hydrogen) atoms. The smallest absolute Gasteiger partial charge is 0.158 e. The molecule has 0 atom stereocenters. The van der Waals surface area contributed by atoms with Gasteiger partial charge in [-0.3, -0.25) is 0 Å². The van der Waals surface area contributed by atoms with E-state index in [4.69, 9.17) is 21.9 Å². The second-order valence-electron chi connectivity index (χ2n) is 2.45. The van der Waals surface area contributed by atoms with Crippen LogP contribution in [0.3, 0.4) is 0 Å². The number of aromatic nitrogens is 1. The van der Waals surface area contributed by atoms with Gasteiger partial charge in [-0.1, -0.05) is 22.8 Å². The first-order chi connectivity index (χ1) is 5.83. The van der Waals surface area contributed by atoms with Gasteiger partial charge in [-0.05, 0) is 12.1 Å². The Morgan fingerprint density at radius 2 is 2.33 bits per heavy atom. The third-order valence-corrected chi connectivity index (χ3v) is 2.02. The van der Waals surface area contributed by atoms with Crippen LogP contribution >= 0.6 is 11.6 Å². The zero-order valence-electron chi connectivity index (χ0n) is 6.25. The molecule has 62 valence electrons. The predicted molar refractivity (Wildman–Crippen MR) is 46.9 cm³/mol. The van der Waals surface area contributed by atoms with E-state index in [0.717, 1.165) is 5.39 Å². The Kier molecular flexibility index (Phi) is 1.75. The van der Waals surface area contributed by atoms with Crippen LogP contribution in [0.15, 0.2) is 22.7 Å². The summed E-state index contributed by atoms with van der Waals surface area (Å²) in [4.78, 5) is 0. The van der Waals surface area contributed by atoms with Crippen molar-refractivity contribution in [3.8, 4) is 0 Å². The number of rotatable bonds is 1. The van der Waals surface area contributed by atoms with E-state index in [1.54, 1.807) is 6.07 Å². The van der Waals surface area contributed by atoms with Gasteiger partial charge in [0.2, 0.25) is 0 Å². The Balaban J connectivity index is 2.80. The minimum atomic E-state index is 0.344. The van der Waals surface area contributed by atoms with Gasteiger partial charge in [-0.2, -0.15) is 0 Å².